The number of ether oxygens (including phenoxy) is 3. The van der Waals surface area contributed by atoms with E-state index in [0.717, 1.165) is 11.0 Å². The van der Waals surface area contributed by atoms with Crippen LogP contribution in [0.25, 0.3) is 11.0 Å². The number of aliphatic carboxylic acids is 1. The topological polar surface area (TPSA) is 93.7 Å². The fourth-order valence-corrected chi connectivity index (χ4v) is 2.74. The Morgan fingerprint density at radius 1 is 1.24 bits per heavy atom. The third kappa shape index (κ3) is 2.09. The van der Waals surface area contributed by atoms with Crippen LogP contribution in [0.4, 0.5) is 0 Å². The lowest BCUT2D eigenvalue weighted by atomic mass is 10.2. The minimum Gasteiger partial charge on any atom is -0.486 e. The first-order valence-corrected chi connectivity index (χ1v) is 6.88. The van der Waals surface area contributed by atoms with Gasteiger partial charge in [0, 0.05) is 12.1 Å². The number of nitrogens with one attached hydrogen (secondary N) is 1. The van der Waals surface area contributed by atoms with Crippen molar-refractivity contribution in [2.75, 3.05) is 13.2 Å². The van der Waals surface area contributed by atoms with E-state index < -0.39 is 12.1 Å². The van der Waals surface area contributed by atoms with Crippen molar-refractivity contribution in [2.24, 2.45) is 0 Å². The average molecular weight is 290 g/mol. The molecule has 2 aliphatic rings. The van der Waals surface area contributed by atoms with Gasteiger partial charge in [0.2, 0.25) is 0 Å². The van der Waals surface area contributed by atoms with Crippen LogP contribution in [0, 0.1) is 0 Å². The second-order valence-electron chi connectivity index (χ2n) is 5.16. The van der Waals surface area contributed by atoms with Crippen molar-refractivity contribution in [3.63, 3.8) is 0 Å². The highest BCUT2D eigenvalue weighted by Crippen LogP contribution is 2.36. The summed E-state index contributed by atoms with van der Waals surface area (Å²) in [4.78, 5) is 18.6. The second kappa shape index (κ2) is 4.63. The largest absolute Gasteiger partial charge is 0.486 e. The number of carboxylic acids is 1. The summed E-state index contributed by atoms with van der Waals surface area (Å²) in [5, 5.41) is 8.97. The number of rotatable bonds is 2. The van der Waals surface area contributed by atoms with Crippen molar-refractivity contribution >= 4 is 17.0 Å². The van der Waals surface area contributed by atoms with Gasteiger partial charge in [-0.15, -0.1) is 0 Å². The molecule has 0 bridgehead atoms. The minimum absolute atomic E-state index is 0.308. The SMILES string of the molecule is O=C(O)C1CCC(c2nc3cc4c(cc3[nH]2)OCCO4)O1. The van der Waals surface area contributed by atoms with Crippen LogP contribution in [0.15, 0.2) is 12.1 Å². The van der Waals surface area contributed by atoms with Gasteiger partial charge < -0.3 is 24.3 Å². The van der Waals surface area contributed by atoms with Gasteiger partial charge in [-0.1, -0.05) is 0 Å². The number of carbonyl (C=O) groups is 1. The first-order chi connectivity index (χ1) is 10.2. The fourth-order valence-electron chi connectivity index (χ4n) is 2.74. The van der Waals surface area contributed by atoms with E-state index in [4.69, 9.17) is 19.3 Å². The predicted molar refractivity (Wildman–Crippen MR) is 71.6 cm³/mol. The van der Waals surface area contributed by atoms with Crippen molar-refractivity contribution in [1.82, 2.24) is 9.97 Å². The smallest absolute Gasteiger partial charge is 0.332 e. The van der Waals surface area contributed by atoms with Crippen LogP contribution >= 0.6 is 0 Å². The molecule has 7 nitrogen and oxygen atoms in total. The number of benzene rings is 1. The molecule has 2 aromatic rings. The third-order valence-electron chi connectivity index (χ3n) is 3.76. The number of imidazole rings is 1. The van der Waals surface area contributed by atoms with E-state index in [1.54, 1.807) is 0 Å². The zero-order valence-electron chi connectivity index (χ0n) is 11.2. The van der Waals surface area contributed by atoms with Gasteiger partial charge in [-0.05, 0) is 12.8 Å². The molecule has 1 saturated heterocycles. The van der Waals surface area contributed by atoms with E-state index in [0.29, 0.717) is 43.4 Å². The predicted octanol–water partition coefficient (Wildman–Crippen LogP) is 1.64. The normalized spacial score (nSPS) is 24.4. The highest BCUT2D eigenvalue weighted by atomic mass is 16.6. The fraction of sp³-hybridized carbons (Fsp3) is 0.429. The van der Waals surface area contributed by atoms with E-state index in [1.807, 2.05) is 12.1 Å². The van der Waals surface area contributed by atoms with Crippen LogP contribution in [0.3, 0.4) is 0 Å². The summed E-state index contributed by atoms with van der Waals surface area (Å²) in [5.74, 6) is 1.10. The monoisotopic (exact) mass is 290 g/mol. The maximum absolute atomic E-state index is 10.9. The molecule has 2 unspecified atom stereocenters. The standard InChI is InChI=1S/C14H14N2O5/c17-14(18)10-2-1-9(21-10)13-15-7-5-11-12(6-8(7)16-13)20-4-3-19-11/h5-6,9-10H,1-4H2,(H,15,16)(H,17,18). The minimum atomic E-state index is -0.925. The Balaban J connectivity index is 1.66. The molecule has 1 aromatic heterocycles. The molecule has 0 amide bonds. The Kier molecular flexibility index (Phi) is 2.75. The summed E-state index contributed by atoms with van der Waals surface area (Å²) >= 11 is 0. The second-order valence-corrected chi connectivity index (χ2v) is 5.16. The van der Waals surface area contributed by atoms with Crippen LogP contribution in [0.2, 0.25) is 0 Å². The van der Waals surface area contributed by atoms with Crippen molar-refractivity contribution in [1.29, 1.82) is 0 Å². The molecular weight excluding hydrogens is 276 g/mol. The Morgan fingerprint density at radius 2 is 2.00 bits per heavy atom. The van der Waals surface area contributed by atoms with Gasteiger partial charge in [0.1, 0.15) is 25.1 Å². The number of fused-ring (bicyclic) bond motifs is 2. The lowest BCUT2D eigenvalue weighted by molar-refractivity contribution is -0.149. The van der Waals surface area contributed by atoms with Gasteiger partial charge in [-0.2, -0.15) is 0 Å². The highest BCUT2D eigenvalue weighted by Gasteiger charge is 2.33. The number of carboxylic acid groups (broad SMARTS) is 1. The molecule has 110 valence electrons. The van der Waals surface area contributed by atoms with E-state index in [1.165, 1.54) is 0 Å². The van der Waals surface area contributed by atoms with Crippen molar-refractivity contribution in [2.45, 2.75) is 25.0 Å². The van der Waals surface area contributed by atoms with Gasteiger partial charge in [-0.3, -0.25) is 0 Å². The van der Waals surface area contributed by atoms with E-state index in [-0.39, 0.29) is 6.10 Å². The van der Waals surface area contributed by atoms with Gasteiger partial charge in [0.15, 0.2) is 17.6 Å². The van der Waals surface area contributed by atoms with Crippen molar-refractivity contribution in [3.05, 3.63) is 18.0 Å². The Labute approximate surface area is 119 Å². The van der Waals surface area contributed by atoms with Crippen LogP contribution in [0.1, 0.15) is 24.8 Å². The highest BCUT2D eigenvalue weighted by molar-refractivity contribution is 5.80. The first kappa shape index (κ1) is 12.5. The number of nitrogens with zero attached hydrogens (tertiary/aromatic N) is 1. The zero-order chi connectivity index (χ0) is 14.4. The summed E-state index contributed by atoms with van der Waals surface area (Å²) in [5.41, 5.74) is 1.59. The summed E-state index contributed by atoms with van der Waals surface area (Å²) in [6, 6.07) is 3.68. The number of H-pyrrole nitrogens is 1. The number of aromatic amines is 1. The molecule has 0 aliphatic carbocycles. The molecule has 21 heavy (non-hydrogen) atoms. The molecule has 2 N–H and O–H groups in total. The van der Waals surface area contributed by atoms with Gasteiger partial charge in [-0.25, -0.2) is 9.78 Å². The Bertz CT molecular complexity index is 668. The maximum Gasteiger partial charge on any atom is 0.332 e. The summed E-state index contributed by atoms with van der Waals surface area (Å²) in [6.45, 7) is 1.06. The molecular formula is C14H14N2O5. The van der Waals surface area contributed by atoms with Crippen LogP contribution in [-0.2, 0) is 9.53 Å². The zero-order valence-corrected chi connectivity index (χ0v) is 11.2. The van der Waals surface area contributed by atoms with E-state index in [9.17, 15) is 4.79 Å². The lowest BCUT2D eigenvalue weighted by Gasteiger charge is -2.17. The molecule has 2 atom stereocenters. The lowest BCUT2D eigenvalue weighted by Crippen LogP contribution is -2.18. The maximum atomic E-state index is 10.9. The molecule has 4 rings (SSSR count). The summed E-state index contributed by atoms with van der Waals surface area (Å²) in [6.07, 6.45) is 0.0870. The summed E-state index contributed by atoms with van der Waals surface area (Å²) in [7, 11) is 0. The number of hydrogen-bond acceptors (Lipinski definition) is 5. The first-order valence-electron chi connectivity index (χ1n) is 6.88. The third-order valence-corrected chi connectivity index (χ3v) is 3.76. The summed E-state index contributed by atoms with van der Waals surface area (Å²) < 4.78 is 16.6. The van der Waals surface area contributed by atoms with Crippen molar-refractivity contribution < 1.29 is 24.1 Å². The van der Waals surface area contributed by atoms with Crippen LogP contribution in [-0.4, -0.2) is 40.4 Å². The average Bonchev–Trinajstić information content (AvgIpc) is 3.11. The Hall–Kier alpha value is -2.28. The molecule has 0 saturated carbocycles. The number of aromatic nitrogens is 2. The molecule has 0 spiro atoms. The van der Waals surface area contributed by atoms with Gasteiger partial charge in [0.05, 0.1) is 11.0 Å². The number of hydrogen-bond donors (Lipinski definition) is 2. The molecule has 1 aromatic carbocycles. The van der Waals surface area contributed by atoms with Gasteiger partial charge >= 0.3 is 5.97 Å². The van der Waals surface area contributed by atoms with E-state index in [2.05, 4.69) is 9.97 Å². The molecule has 7 heteroatoms. The molecule has 1 fully saturated rings. The van der Waals surface area contributed by atoms with Crippen molar-refractivity contribution in [3.8, 4) is 11.5 Å². The molecule has 0 radical (unpaired) electrons. The van der Waals surface area contributed by atoms with Crippen LogP contribution in [0.5, 0.6) is 11.5 Å². The molecule has 2 aliphatic heterocycles. The molecule has 3 heterocycles. The quantitative estimate of drug-likeness (QED) is 0.873. The van der Waals surface area contributed by atoms with E-state index >= 15 is 0 Å². The Morgan fingerprint density at radius 3 is 2.71 bits per heavy atom. The van der Waals surface area contributed by atoms with Gasteiger partial charge in [0.25, 0.3) is 0 Å². The van der Waals surface area contributed by atoms with Crippen LogP contribution < -0.4 is 9.47 Å².